The van der Waals surface area contributed by atoms with Gasteiger partial charge in [0.2, 0.25) is 5.91 Å². The van der Waals surface area contributed by atoms with Gasteiger partial charge in [-0.25, -0.2) is 4.98 Å². The molecule has 2 aromatic rings. The van der Waals surface area contributed by atoms with E-state index in [1.165, 1.54) is 11.8 Å². The van der Waals surface area contributed by atoms with Crippen molar-refractivity contribution < 1.29 is 4.79 Å². The molecule has 0 bridgehead atoms. The van der Waals surface area contributed by atoms with Crippen molar-refractivity contribution in [3.05, 3.63) is 57.3 Å². The molecule has 1 heterocycles. The van der Waals surface area contributed by atoms with Crippen LogP contribution in [0.4, 0.5) is 5.69 Å². The number of anilines is 1. The second-order valence-corrected chi connectivity index (χ2v) is 5.75. The molecule has 0 atom stereocenters. The standard InChI is InChI=1S/C15H14BrClN2O/c1-10-3-2-4-11(7-10)5-6-14(20)19-12-8-13(16)15(17)18-9-12/h2-4,7-9H,5-6H2,1H3,(H,19,20). The second kappa shape index (κ2) is 6.86. The Hall–Kier alpha value is -1.39. The monoisotopic (exact) mass is 352 g/mol. The topological polar surface area (TPSA) is 42.0 Å². The van der Waals surface area contributed by atoms with Gasteiger partial charge in [0.1, 0.15) is 5.15 Å². The number of hydrogen-bond acceptors (Lipinski definition) is 2. The molecule has 0 fully saturated rings. The summed E-state index contributed by atoms with van der Waals surface area (Å²) in [6.45, 7) is 2.04. The zero-order chi connectivity index (χ0) is 14.5. The van der Waals surface area contributed by atoms with Crippen molar-refractivity contribution >= 4 is 39.1 Å². The Balaban J connectivity index is 1.91. The number of hydrogen-bond donors (Lipinski definition) is 1. The first-order valence-corrected chi connectivity index (χ1v) is 7.38. The molecular weight excluding hydrogens is 340 g/mol. The van der Waals surface area contributed by atoms with Gasteiger partial charge < -0.3 is 5.32 Å². The van der Waals surface area contributed by atoms with Crippen molar-refractivity contribution in [1.29, 1.82) is 0 Å². The lowest BCUT2D eigenvalue weighted by atomic mass is 10.1. The van der Waals surface area contributed by atoms with E-state index in [-0.39, 0.29) is 5.91 Å². The highest BCUT2D eigenvalue weighted by atomic mass is 79.9. The molecule has 0 unspecified atom stereocenters. The van der Waals surface area contributed by atoms with E-state index in [2.05, 4.69) is 32.3 Å². The lowest BCUT2D eigenvalue weighted by Crippen LogP contribution is -2.12. The summed E-state index contributed by atoms with van der Waals surface area (Å²) in [4.78, 5) is 15.8. The average Bonchev–Trinajstić information content (AvgIpc) is 2.41. The van der Waals surface area contributed by atoms with Crippen LogP contribution < -0.4 is 5.32 Å². The van der Waals surface area contributed by atoms with Crippen molar-refractivity contribution in [3.8, 4) is 0 Å². The van der Waals surface area contributed by atoms with Crippen LogP contribution in [0.1, 0.15) is 17.5 Å². The first-order valence-electron chi connectivity index (χ1n) is 6.21. The minimum Gasteiger partial charge on any atom is -0.325 e. The van der Waals surface area contributed by atoms with Gasteiger partial charge in [-0.15, -0.1) is 0 Å². The zero-order valence-electron chi connectivity index (χ0n) is 11.0. The molecule has 0 aliphatic carbocycles. The summed E-state index contributed by atoms with van der Waals surface area (Å²) in [6, 6.07) is 9.90. The number of nitrogens with zero attached hydrogens (tertiary/aromatic N) is 1. The fraction of sp³-hybridized carbons (Fsp3) is 0.200. The number of benzene rings is 1. The van der Waals surface area contributed by atoms with Crippen LogP contribution in [0.5, 0.6) is 0 Å². The van der Waals surface area contributed by atoms with Crippen LogP contribution >= 0.6 is 27.5 Å². The lowest BCUT2D eigenvalue weighted by molar-refractivity contribution is -0.116. The van der Waals surface area contributed by atoms with E-state index in [0.717, 1.165) is 12.0 Å². The van der Waals surface area contributed by atoms with Crippen molar-refractivity contribution in [2.24, 2.45) is 0 Å². The van der Waals surface area contributed by atoms with E-state index in [1.54, 1.807) is 6.07 Å². The van der Waals surface area contributed by atoms with Crippen molar-refractivity contribution in [3.63, 3.8) is 0 Å². The van der Waals surface area contributed by atoms with E-state index >= 15 is 0 Å². The largest absolute Gasteiger partial charge is 0.325 e. The summed E-state index contributed by atoms with van der Waals surface area (Å²) in [5.74, 6) is -0.0393. The minimum absolute atomic E-state index is 0.0393. The number of nitrogens with one attached hydrogen (secondary N) is 1. The third-order valence-electron chi connectivity index (χ3n) is 2.80. The maximum atomic E-state index is 11.9. The van der Waals surface area contributed by atoms with Gasteiger partial charge in [-0.1, -0.05) is 41.4 Å². The van der Waals surface area contributed by atoms with Gasteiger partial charge in [-0.2, -0.15) is 0 Å². The van der Waals surface area contributed by atoms with Gasteiger partial charge >= 0.3 is 0 Å². The molecule has 104 valence electrons. The number of pyridine rings is 1. The predicted molar refractivity (Wildman–Crippen MR) is 85.1 cm³/mol. The normalized spacial score (nSPS) is 10.3. The lowest BCUT2D eigenvalue weighted by Gasteiger charge is -2.06. The molecule has 20 heavy (non-hydrogen) atoms. The molecule has 1 aromatic heterocycles. The van der Waals surface area contributed by atoms with Crippen LogP contribution in [0.15, 0.2) is 41.0 Å². The average molecular weight is 354 g/mol. The first-order chi connectivity index (χ1) is 9.54. The van der Waals surface area contributed by atoms with Crippen LogP contribution in [-0.4, -0.2) is 10.9 Å². The van der Waals surface area contributed by atoms with Gasteiger partial charge in [0.25, 0.3) is 0 Å². The Kier molecular flexibility index (Phi) is 5.15. The molecule has 0 aliphatic heterocycles. The van der Waals surface area contributed by atoms with Gasteiger partial charge in [0, 0.05) is 6.42 Å². The number of aryl methyl sites for hydroxylation is 2. The maximum absolute atomic E-state index is 11.9. The molecule has 0 saturated carbocycles. The molecule has 1 N–H and O–H groups in total. The molecule has 0 saturated heterocycles. The fourth-order valence-corrected chi connectivity index (χ4v) is 2.29. The third-order valence-corrected chi connectivity index (χ3v) is 3.94. The van der Waals surface area contributed by atoms with Crippen LogP contribution in [-0.2, 0) is 11.2 Å². The highest BCUT2D eigenvalue weighted by Gasteiger charge is 2.06. The number of carbonyl (C=O) groups is 1. The molecule has 0 aliphatic rings. The van der Waals surface area contributed by atoms with E-state index in [1.807, 2.05) is 25.1 Å². The molecule has 5 heteroatoms. The molecule has 3 nitrogen and oxygen atoms in total. The van der Waals surface area contributed by atoms with E-state index in [0.29, 0.717) is 21.7 Å². The molecule has 0 spiro atoms. The fourth-order valence-electron chi connectivity index (χ4n) is 1.84. The number of amides is 1. The third kappa shape index (κ3) is 4.32. The van der Waals surface area contributed by atoms with Crippen molar-refractivity contribution in [1.82, 2.24) is 4.98 Å². The predicted octanol–water partition coefficient (Wildman–Crippen LogP) is 4.38. The Morgan fingerprint density at radius 1 is 1.40 bits per heavy atom. The van der Waals surface area contributed by atoms with E-state index in [4.69, 9.17) is 11.6 Å². The van der Waals surface area contributed by atoms with E-state index in [9.17, 15) is 4.79 Å². The van der Waals surface area contributed by atoms with Crippen LogP contribution in [0.25, 0.3) is 0 Å². The van der Waals surface area contributed by atoms with E-state index < -0.39 is 0 Å². The van der Waals surface area contributed by atoms with Gasteiger partial charge in [-0.05, 0) is 40.9 Å². The first kappa shape index (κ1) is 15.0. The second-order valence-electron chi connectivity index (χ2n) is 4.53. The summed E-state index contributed by atoms with van der Waals surface area (Å²) in [6.07, 6.45) is 2.69. The summed E-state index contributed by atoms with van der Waals surface area (Å²) >= 11 is 9.08. The number of halogens is 2. The maximum Gasteiger partial charge on any atom is 0.224 e. The van der Waals surface area contributed by atoms with Gasteiger partial charge in [0.15, 0.2) is 0 Å². The zero-order valence-corrected chi connectivity index (χ0v) is 13.3. The molecule has 0 radical (unpaired) electrons. The van der Waals surface area contributed by atoms with Crippen molar-refractivity contribution in [2.45, 2.75) is 19.8 Å². The molecule has 1 aromatic carbocycles. The highest BCUT2D eigenvalue weighted by Crippen LogP contribution is 2.22. The number of rotatable bonds is 4. The Morgan fingerprint density at radius 3 is 2.90 bits per heavy atom. The Morgan fingerprint density at radius 2 is 2.20 bits per heavy atom. The van der Waals surface area contributed by atoms with Crippen LogP contribution in [0.3, 0.4) is 0 Å². The Labute approximate surface area is 131 Å². The van der Waals surface area contributed by atoms with Gasteiger partial charge in [-0.3, -0.25) is 4.79 Å². The minimum atomic E-state index is -0.0393. The summed E-state index contributed by atoms with van der Waals surface area (Å²) in [7, 11) is 0. The molecule has 2 rings (SSSR count). The number of aromatic nitrogens is 1. The SMILES string of the molecule is Cc1cccc(CCC(=O)Nc2cnc(Cl)c(Br)c2)c1. The quantitative estimate of drug-likeness (QED) is 0.829. The summed E-state index contributed by atoms with van der Waals surface area (Å²) in [5, 5.41) is 3.18. The van der Waals surface area contributed by atoms with Crippen LogP contribution in [0.2, 0.25) is 5.15 Å². The molecular formula is C15H14BrClN2O. The van der Waals surface area contributed by atoms with Crippen LogP contribution in [0, 0.1) is 6.92 Å². The summed E-state index contributed by atoms with van der Waals surface area (Å²) in [5.41, 5.74) is 3.00. The summed E-state index contributed by atoms with van der Waals surface area (Å²) < 4.78 is 0.663. The highest BCUT2D eigenvalue weighted by molar-refractivity contribution is 9.10. The smallest absolute Gasteiger partial charge is 0.224 e. The van der Waals surface area contributed by atoms with Crippen molar-refractivity contribution in [2.75, 3.05) is 5.32 Å². The Bertz CT molecular complexity index is 631. The molecule has 1 amide bonds. The number of carbonyl (C=O) groups excluding carboxylic acids is 1. The van der Waals surface area contributed by atoms with Gasteiger partial charge in [0.05, 0.1) is 16.4 Å².